The summed E-state index contributed by atoms with van der Waals surface area (Å²) in [5.41, 5.74) is 0. The first-order valence-corrected chi connectivity index (χ1v) is 6.26. The van der Waals surface area contributed by atoms with E-state index >= 15 is 0 Å². The fraction of sp³-hybridized carbons (Fsp3) is 0.833. The van der Waals surface area contributed by atoms with Crippen molar-refractivity contribution >= 4 is 12.0 Å². The molecule has 2 amide bonds. The van der Waals surface area contributed by atoms with Gasteiger partial charge in [-0.3, -0.25) is 4.79 Å². The van der Waals surface area contributed by atoms with Crippen LogP contribution in [0, 0.1) is 5.92 Å². The molecule has 0 unspecified atom stereocenters. The quantitative estimate of drug-likeness (QED) is 0.770. The molecule has 0 aromatic carbocycles. The van der Waals surface area contributed by atoms with Gasteiger partial charge in [-0.05, 0) is 25.7 Å². The average Bonchev–Trinajstić information content (AvgIpc) is 2.24. The fourth-order valence-electron chi connectivity index (χ4n) is 1.93. The van der Waals surface area contributed by atoms with E-state index in [-0.39, 0.29) is 19.0 Å². The van der Waals surface area contributed by atoms with Crippen molar-refractivity contribution in [1.29, 1.82) is 0 Å². The van der Waals surface area contributed by atoms with Crippen LogP contribution in [0.3, 0.4) is 0 Å². The number of urea groups is 1. The zero-order valence-electron chi connectivity index (χ0n) is 10.7. The van der Waals surface area contributed by atoms with Gasteiger partial charge in [0.1, 0.15) is 0 Å². The number of aliphatic carboxylic acids is 1. The van der Waals surface area contributed by atoms with Crippen molar-refractivity contribution in [1.82, 2.24) is 9.80 Å². The number of nitrogens with zero attached hydrogens (tertiary/aromatic N) is 2. The Balaban J connectivity index is 2.37. The SMILES string of the molecule is CCN(CC1CCC1)C(=O)N(C)CCC(=O)O. The van der Waals surface area contributed by atoms with Crippen molar-refractivity contribution in [2.24, 2.45) is 5.92 Å². The van der Waals surface area contributed by atoms with Crippen LogP contribution in [0.15, 0.2) is 0 Å². The van der Waals surface area contributed by atoms with E-state index in [1.54, 1.807) is 7.05 Å². The largest absolute Gasteiger partial charge is 0.481 e. The van der Waals surface area contributed by atoms with E-state index in [2.05, 4.69) is 0 Å². The Kier molecular flexibility index (Phi) is 5.25. The Labute approximate surface area is 102 Å². The van der Waals surface area contributed by atoms with E-state index in [9.17, 15) is 9.59 Å². The summed E-state index contributed by atoms with van der Waals surface area (Å²) in [7, 11) is 1.66. The lowest BCUT2D eigenvalue weighted by atomic mass is 9.85. The first-order valence-electron chi connectivity index (χ1n) is 6.26. The van der Waals surface area contributed by atoms with Crippen LogP contribution in [0.5, 0.6) is 0 Å². The summed E-state index contributed by atoms with van der Waals surface area (Å²) in [6.45, 7) is 3.73. The number of carboxylic acid groups (broad SMARTS) is 1. The molecule has 0 bridgehead atoms. The lowest BCUT2D eigenvalue weighted by molar-refractivity contribution is -0.137. The molecule has 5 nitrogen and oxygen atoms in total. The summed E-state index contributed by atoms with van der Waals surface area (Å²) in [4.78, 5) is 25.8. The van der Waals surface area contributed by atoms with Crippen LogP contribution >= 0.6 is 0 Å². The minimum atomic E-state index is -0.869. The number of amides is 2. The van der Waals surface area contributed by atoms with Crippen molar-refractivity contribution in [2.75, 3.05) is 26.7 Å². The van der Waals surface area contributed by atoms with E-state index in [4.69, 9.17) is 5.11 Å². The molecule has 5 heteroatoms. The highest BCUT2D eigenvalue weighted by Crippen LogP contribution is 2.27. The first-order chi connectivity index (χ1) is 8.04. The average molecular weight is 242 g/mol. The van der Waals surface area contributed by atoms with Gasteiger partial charge >= 0.3 is 12.0 Å². The van der Waals surface area contributed by atoms with E-state index in [1.165, 1.54) is 24.2 Å². The predicted molar refractivity (Wildman–Crippen MR) is 64.9 cm³/mol. The van der Waals surface area contributed by atoms with E-state index in [0.717, 1.165) is 6.54 Å². The summed E-state index contributed by atoms with van der Waals surface area (Å²) < 4.78 is 0. The predicted octanol–water partition coefficient (Wildman–Crippen LogP) is 1.63. The Hall–Kier alpha value is -1.26. The summed E-state index contributed by atoms with van der Waals surface area (Å²) in [5.74, 6) is -0.224. The maximum Gasteiger partial charge on any atom is 0.319 e. The first kappa shape index (κ1) is 13.8. The van der Waals surface area contributed by atoms with Gasteiger partial charge in [0.2, 0.25) is 0 Å². The van der Waals surface area contributed by atoms with Gasteiger partial charge in [-0.15, -0.1) is 0 Å². The van der Waals surface area contributed by atoms with Crippen molar-refractivity contribution in [2.45, 2.75) is 32.6 Å². The maximum absolute atomic E-state index is 12.0. The second-order valence-corrected chi connectivity index (χ2v) is 4.68. The molecule has 1 aliphatic rings. The van der Waals surface area contributed by atoms with Crippen LogP contribution < -0.4 is 0 Å². The third-order valence-electron chi connectivity index (χ3n) is 3.34. The molecule has 1 saturated carbocycles. The van der Waals surface area contributed by atoms with Gasteiger partial charge < -0.3 is 14.9 Å². The minimum absolute atomic E-state index is 0.00320. The molecule has 0 spiro atoms. The lowest BCUT2D eigenvalue weighted by Gasteiger charge is -2.34. The summed E-state index contributed by atoms with van der Waals surface area (Å²) in [6.07, 6.45) is 3.69. The maximum atomic E-state index is 12.0. The van der Waals surface area contributed by atoms with Crippen LogP contribution in [0.25, 0.3) is 0 Å². The van der Waals surface area contributed by atoms with Crippen LogP contribution in [0.2, 0.25) is 0 Å². The standard InChI is InChI=1S/C12H22N2O3/c1-3-14(9-10-5-4-6-10)12(17)13(2)8-7-11(15)16/h10H,3-9H2,1-2H3,(H,15,16). The second-order valence-electron chi connectivity index (χ2n) is 4.68. The molecule has 0 aromatic rings. The van der Waals surface area contributed by atoms with E-state index < -0.39 is 5.97 Å². The summed E-state index contributed by atoms with van der Waals surface area (Å²) in [6, 6.07) is -0.0550. The number of hydrogen-bond acceptors (Lipinski definition) is 2. The molecule has 1 N–H and O–H groups in total. The highest BCUT2D eigenvalue weighted by Gasteiger charge is 2.24. The number of carbonyl (C=O) groups excluding carboxylic acids is 1. The normalized spacial score (nSPS) is 15.2. The Morgan fingerprint density at radius 3 is 2.41 bits per heavy atom. The minimum Gasteiger partial charge on any atom is -0.481 e. The monoisotopic (exact) mass is 242 g/mol. The van der Waals surface area contributed by atoms with E-state index in [0.29, 0.717) is 12.5 Å². The molecule has 17 heavy (non-hydrogen) atoms. The molecule has 1 aliphatic carbocycles. The van der Waals surface area contributed by atoms with Gasteiger partial charge in [0.15, 0.2) is 0 Å². The molecule has 1 fully saturated rings. The molecule has 0 radical (unpaired) electrons. The molecule has 1 rings (SSSR count). The zero-order valence-corrected chi connectivity index (χ0v) is 10.7. The number of carbonyl (C=O) groups is 2. The summed E-state index contributed by atoms with van der Waals surface area (Å²) >= 11 is 0. The zero-order chi connectivity index (χ0) is 12.8. The highest BCUT2D eigenvalue weighted by atomic mass is 16.4. The van der Waals surface area contributed by atoms with Gasteiger partial charge in [0.05, 0.1) is 6.42 Å². The van der Waals surface area contributed by atoms with Crippen LogP contribution in [0.1, 0.15) is 32.6 Å². The van der Waals surface area contributed by atoms with Crippen LogP contribution in [-0.2, 0) is 4.79 Å². The molecule has 0 aliphatic heterocycles. The molecule has 98 valence electrons. The van der Waals surface area contributed by atoms with Gasteiger partial charge in [-0.1, -0.05) is 6.42 Å². The summed E-state index contributed by atoms with van der Waals surface area (Å²) in [5, 5.41) is 8.58. The van der Waals surface area contributed by atoms with Gasteiger partial charge in [0, 0.05) is 26.7 Å². The second kappa shape index (κ2) is 6.47. The van der Waals surface area contributed by atoms with Crippen LogP contribution in [-0.4, -0.2) is 53.6 Å². The molecule has 0 atom stereocenters. The molecule has 0 saturated heterocycles. The fourth-order valence-corrected chi connectivity index (χ4v) is 1.93. The lowest BCUT2D eigenvalue weighted by Crippen LogP contribution is -2.44. The van der Waals surface area contributed by atoms with Crippen molar-refractivity contribution in [3.8, 4) is 0 Å². The number of hydrogen-bond donors (Lipinski definition) is 1. The van der Waals surface area contributed by atoms with Crippen molar-refractivity contribution < 1.29 is 14.7 Å². The highest BCUT2D eigenvalue weighted by molar-refractivity contribution is 5.75. The third-order valence-corrected chi connectivity index (χ3v) is 3.34. The number of rotatable bonds is 6. The number of carboxylic acids is 1. The van der Waals surface area contributed by atoms with Gasteiger partial charge in [-0.25, -0.2) is 4.79 Å². The molecule has 0 heterocycles. The Bertz CT molecular complexity index is 277. The van der Waals surface area contributed by atoms with E-state index in [1.807, 2.05) is 11.8 Å². The molecular formula is C12H22N2O3. The Morgan fingerprint density at radius 1 is 1.35 bits per heavy atom. The van der Waals surface area contributed by atoms with Crippen LogP contribution in [0.4, 0.5) is 4.79 Å². The van der Waals surface area contributed by atoms with Gasteiger partial charge in [0.25, 0.3) is 0 Å². The topological polar surface area (TPSA) is 60.9 Å². The van der Waals surface area contributed by atoms with Crippen molar-refractivity contribution in [3.05, 3.63) is 0 Å². The molecular weight excluding hydrogens is 220 g/mol. The van der Waals surface area contributed by atoms with Crippen molar-refractivity contribution in [3.63, 3.8) is 0 Å². The Morgan fingerprint density at radius 2 is 2.00 bits per heavy atom. The third kappa shape index (κ3) is 4.24. The van der Waals surface area contributed by atoms with Gasteiger partial charge in [-0.2, -0.15) is 0 Å². The smallest absolute Gasteiger partial charge is 0.319 e. The molecule has 0 aromatic heterocycles.